The van der Waals surface area contributed by atoms with Crippen molar-refractivity contribution in [1.29, 1.82) is 0 Å². The number of hydrogen-bond donors (Lipinski definition) is 0. The van der Waals surface area contributed by atoms with Gasteiger partial charge in [-0.2, -0.15) is 9.61 Å². The highest BCUT2D eigenvalue weighted by atomic mass is 79.9. The predicted octanol–water partition coefficient (Wildman–Crippen LogP) is 8.13. The Labute approximate surface area is 257 Å². The molecular formula is C31H41BrN6O3Si. The second-order valence-electron chi connectivity index (χ2n) is 13.0. The summed E-state index contributed by atoms with van der Waals surface area (Å²) in [6.07, 6.45) is 3.16. The molecule has 0 aliphatic carbocycles. The van der Waals surface area contributed by atoms with Crippen LogP contribution < -0.4 is 4.90 Å². The van der Waals surface area contributed by atoms with Crippen LogP contribution >= 0.6 is 15.9 Å². The summed E-state index contributed by atoms with van der Waals surface area (Å²) in [5.41, 5.74) is 2.94. The number of fused-ring (bicyclic) bond motifs is 1. The average Bonchev–Trinajstić information content (AvgIpc) is 3.42. The number of anilines is 1. The Balaban J connectivity index is 1.86. The van der Waals surface area contributed by atoms with Crippen molar-refractivity contribution in [2.75, 3.05) is 4.90 Å². The van der Waals surface area contributed by atoms with Crippen molar-refractivity contribution in [3.05, 3.63) is 70.7 Å². The molecule has 0 radical (unpaired) electrons. The Hall–Kier alpha value is -3.44. The molecule has 0 N–H and O–H groups in total. The second kappa shape index (κ2) is 11.3. The molecule has 0 aliphatic heterocycles. The molecule has 0 spiro atoms. The first-order chi connectivity index (χ1) is 19.4. The predicted molar refractivity (Wildman–Crippen MR) is 174 cm³/mol. The average molecular weight is 654 g/mol. The molecule has 0 unspecified atom stereocenters. The van der Waals surface area contributed by atoms with Gasteiger partial charge in [0.15, 0.2) is 5.65 Å². The van der Waals surface area contributed by atoms with Gasteiger partial charge >= 0.3 is 6.09 Å². The highest BCUT2D eigenvalue weighted by Crippen LogP contribution is 2.39. The zero-order chi connectivity index (χ0) is 31.2. The van der Waals surface area contributed by atoms with Gasteiger partial charge in [0.1, 0.15) is 28.7 Å². The number of hydrogen-bond acceptors (Lipinski definition) is 6. The summed E-state index contributed by atoms with van der Waals surface area (Å²) < 4.78 is 16.8. The van der Waals surface area contributed by atoms with E-state index in [0.717, 1.165) is 27.1 Å². The number of nitrogens with zero attached hydrogens (tertiary/aromatic N) is 6. The zero-order valence-electron chi connectivity index (χ0n) is 26.2. The molecule has 0 saturated heterocycles. The van der Waals surface area contributed by atoms with Crippen LogP contribution in [-0.4, -0.2) is 44.2 Å². The van der Waals surface area contributed by atoms with Crippen LogP contribution in [0.5, 0.6) is 0 Å². The molecule has 9 nitrogen and oxygen atoms in total. The van der Waals surface area contributed by atoms with Gasteiger partial charge in [0, 0.05) is 31.1 Å². The van der Waals surface area contributed by atoms with Crippen molar-refractivity contribution >= 4 is 47.6 Å². The summed E-state index contributed by atoms with van der Waals surface area (Å²) in [4.78, 5) is 24.8. The highest BCUT2D eigenvalue weighted by Gasteiger charge is 2.40. The highest BCUT2D eigenvalue weighted by molar-refractivity contribution is 9.10. The van der Waals surface area contributed by atoms with Gasteiger partial charge in [-0.25, -0.2) is 14.8 Å². The van der Waals surface area contributed by atoms with Gasteiger partial charge in [-0.15, -0.1) is 0 Å². The first-order valence-electron chi connectivity index (χ1n) is 13.9. The van der Waals surface area contributed by atoms with Gasteiger partial charge in [0.2, 0.25) is 0 Å². The van der Waals surface area contributed by atoms with Gasteiger partial charge < -0.3 is 13.7 Å². The fourth-order valence-corrected chi connectivity index (χ4v) is 5.48. The van der Waals surface area contributed by atoms with Crippen LogP contribution in [0.3, 0.4) is 0 Å². The standard InChI is InChI=1S/C31H41BrN6O3Si/c1-20-26(32)28-34-24(21(2)41-42(10,11)31(6,7)8)18-25(38(28)35-20)37(29(39)40-30(3,4)5)19-22-13-12-14-23(17-22)27-33-15-16-36(27)9/h12-18H,2,19H2,1,3-11H3. The number of halogens is 1. The molecule has 0 bridgehead atoms. The second-order valence-corrected chi connectivity index (χ2v) is 18.6. The van der Waals surface area contributed by atoms with E-state index in [1.165, 1.54) is 0 Å². The summed E-state index contributed by atoms with van der Waals surface area (Å²) in [5, 5.41) is 4.69. The van der Waals surface area contributed by atoms with Gasteiger partial charge in [-0.3, -0.25) is 4.90 Å². The Bertz CT molecular complexity index is 1640. The molecule has 0 saturated carbocycles. The lowest BCUT2D eigenvalue weighted by molar-refractivity contribution is 0.0575. The molecule has 4 rings (SSSR count). The topological polar surface area (TPSA) is 86.8 Å². The van der Waals surface area contributed by atoms with Crippen molar-refractivity contribution < 1.29 is 14.0 Å². The maximum Gasteiger partial charge on any atom is 0.416 e. The van der Waals surface area contributed by atoms with E-state index in [1.807, 2.05) is 69.8 Å². The normalized spacial score (nSPS) is 12.5. The van der Waals surface area contributed by atoms with E-state index < -0.39 is 20.0 Å². The maximum absolute atomic E-state index is 13.9. The lowest BCUT2D eigenvalue weighted by Crippen LogP contribution is -2.40. The molecule has 11 heteroatoms. The smallest absolute Gasteiger partial charge is 0.416 e. The molecule has 1 amide bonds. The monoisotopic (exact) mass is 652 g/mol. The van der Waals surface area contributed by atoms with Gasteiger partial charge in [0.05, 0.1) is 16.7 Å². The summed E-state index contributed by atoms with van der Waals surface area (Å²) in [5.74, 6) is 1.78. The molecule has 224 valence electrons. The summed E-state index contributed by atoms with van der Waals surface area (Å²) in [6.45, 7) is 22.8. The summed E-state index contributed by atoms with van der Waals surface area (Å²) in [7, 11) is -0.258. The molecule has 3 heterocycles. The van der Waals surface area contributed by atoms with Crippen molar-refractivity contribution in [2.45, 2.75) is 78.7 Å². The lowest BCUT2D eigenvalue weighted by Gasteiger charge is -2.37. The third-order valence-electron chi connectivity index (χ3n) is 7.38. The number of benzene rings is 1. The van der Waals surface area contributed by atoms with Gasteiger partial charge in [-0.05, 0) is 73.4 Å². The lowest BCUT2D eigenvalue weighted by atomic mass is 10.1. The van der Waals surface area contributed by atoms with E-state index in [4.69, 9.17) is 19.2 Å². The van der Waals surface area contributed by atoms with E-state index in [2.05, 4.69) is 61.4 Å². The molecule has 1 aromatic carbocycles. The Morgan fingerprint density at radius 1 is 1.14 bits per heavy atom. The van der Waals surface area contributed by atoms with Crippen molar-refractivity contribution in [2.24, 2.45) is 7.05 Å². The number of carbonyl (C=O) groups excluding carboxylic acids is 1. The van der Waals surface area contributed by atoms with Gasteiger partial charge in [0.25, 0.3) is 8.32 Å². The largest absolute Gasteiger partial charge is 0.542 e. The minimum absolute atomic E-state index is 0.0303. The Kier molecular flexibility index (Phi) is 8.50. The Morgan fingerprint density at radius 3 is 2.43 bits per heavy atom. The van der Waals surface area contributed by atoms with E-state index in [1.54, 1.807) is 21.7 Å². The van der Waals surface area contributed by atoms with Crippen molar-refractivity contribution in [3.63, 3.8) is 0 Å². The van der Waals surface area contributed by atoms with Crippen LogP contribution in [0.25, 0.3) is 22.8 Å². The summed E-state index contributed by atoms with van der Waals surface area (Å²) >= 11 is 3.65. The minimum Gasteiger partial charge on any atom is -0.542 e. The molecule has 4 aromatic rings. The number of ether oxygens (including phenoxy) is 1. The molecule has 3 aromatic heterocycles. The van der Waals surface area contributed by atoms with Gasteiger partial charge in [-0.1, -0.05) is 45.5 Å². The number of carbonyl (C=O) groups is 1. The van der Waals surface area contributed by atoms with Crippen molar-refractivity contribution in [3.8, 4) is 11.4 Å². The van der Waals surface area contributed by atoms with E-state index >= 15 is 0 Å². The fraction of sp³-hybridized carbons (Fsp3) is 0.419. The van der Waals surface area contributed by atoms with Crippen LogP contribution in [0.1, 0.15) is 58.5 Å². The molecule has 0 aliphatic rings. The first-order valence-corrected chi connectivity index (χ1v) is 17.6. The van der Waals surface area contributed by atoms with E-state index in [0.29, 0.717) is 22.9 Å². The molecule has 42 heavy (non-hydrogen) atoms. The van der Waals surface area contributed by atoms with Crippen LogP contribution in [0.2, 0.25) is 18.1 Å². The third-order valence-corrected chi connectivity index (χ3v) is 12.7. The van der Waals surface area contributed by atoms with Crippen molar-refractivity contribution in [1.82, 2.24) is 24.1 Å². The van der Waals surface area contributed by atoms with Crippen LogP contribution in [0.15, 0.2) is 53.8 Å². The number of aromatic nitrogens is 5. The zero-order valence-corrected chi connectivity index (χ0v) is 28.8. The summed E-state index contributed by atoms with van der Waals surface area (Å²) in [6, 6.07) is 9.77. The minimum atomic E-state index is -2.21. The number of rotatable bonds is 7. The third kappa shape index (κ3) is 6.62. The SMILES string of the molecule is C=C(O[Si](C)(C)C(C)(C)C)c1cc(N(Cc2cccc(-c3nccn3C)c2)C(=O)OC(C)(C)C)n2nc(C)c(Br)c2n1. The van der Waals surface area contributed by atoms with Crippen LogP contribution in [0.4, 0.5) is 10.6 Å². The molecule has 0 atom stereocenters. The number of imidazole rings is 1. The van der Waals surface area contributed by atoms with E-state index in [9.17, 15) is 4.79 Å². The van der Waals surface area contributed by atoms with E-state index in [-0.39, 0.29) is 11.6 Å². The number of amides is 1. The first kappa shape index (κ1) is 31.5. The molecular weight excluding hydrogens is 612 g/mol. The van der Waals surface area contributed by atoms with Crippen LogP contribution in [-0.2, 0) is 22.8 Å². The Morgan fingerprint density at radius 2 is 1.83 bits per heavy atom. The molecule has 0 fully saturated rings. The quantitative estimate of drug-likeness (QED) is 0.148. The number of aryl methyl sites for hydroxylation is 2. The van der Waals surface area contributed by atoms with Crippen LogP contribution in [0, 0.1) is 6.92 Å². The fourth-order valence-electron chi connectivity index (χ4n) is 4.12. The maximum atomic E-state index is 13.9.